The predicted molar refractivity (Wildman–Crippen MR) is 51.3 cm³/mol. The van der Waals surface area contributed by atoms with Gasteiger partial charge in [-0.3, -0.25) is 4.79 Å². The largest absolute Gasteiger partial charge is 0.756 e. The Kier molecular flexibility index (Phi) is 1.65. The van der Waals surface area contributed by atoms with E-state index in [1.54, 1.807) is 0 Å². The van der Waals surface area contributed by atoms with E-state index in [2.05, 4.69) is 0 Å². The number of hydrogen-bond donors (Lipinski definition) is 0. The van der Waals surface area contributed by atoms with Crippen LogP contribution in [0.1, 0.15) is 0 Å². The van der Waals surface area contributed by atoms with E-state index in [4.69, 9.17) is 0 Å². The van der Waals surface area contributed by atoms with Crippen LogP contribution >= 0.6 is 20.7 Å². The number of amides is 1. The van der Waals surface area contributed by atoms with Crippen LogP contribution in [0.15, 0.2) is 21.3 Å². The number of hydroxylamine groups is 2. The first-order valence-electron chi connectivity index (χ1n) is 3.14. The number of halogens is 1. The van der Waals surface area contributed by atoms with Gasteiger partial charge in [0.25, 0.3) is 0 Å². The van der Waals surface area contributed by atoms with Crippen molar-refractivity contribution in [2.75, 3.05) is 6.54 Å². The minimum atomic E-state index is -0.320. The van der Waals surface area contributed by atoms with Gasteiger partial charge in [0, 0.05) is 6.54 Å². The molecule has 0 atom stereocenters. The molecule has 2 aliphatic rings. The van der Waals surface area contributed by atoms with Gasteiger partial charge < -0.3 is 10.3 Å². The van der Waals surface area contributed by atoms with Crippen LogP contribution in [0.2, 0.25) is 0 Å². The van der Waals surface area contributed by atoms with Crippen molar-refractivity contribution < 1.29 is 4.79 Å². The minimum Gasteiger partial charge on any atom is -0.756 e. The van der Waals surface area contributed by atoms with E-state index in [-0.39, 0.29) is 33.2 Å². The molecule has 3 nitrogen and oxygen atoms in total. The van der Waals surface area contributed by atoms with Crippen LogP contribution in [-0.4, -0.2) is 21.5 Å². The van der Waals surface area contributed by atoms with E-state index in [9.17, 15) is 10.0 Å². The Morgan fingerprint density at radius 1 is 1.64 bits per heavy atom. The van der Waals surface area contributed by atoms with Crippen LogP contribution in [0.25, 0.3) is 0 Å². The third-order valence-corrected chi connectivity index (χ3v) is 4.10. The Labute approximate surface area is 73.7 Å². The summed E-state index contributed by atoms with van der Waals surface area (Å²) in [6.45, 7) is 0.262. The summed E-state index contributed by atoms with van der Waals surface area (Å²) in [6.07, 6.45) is 3.78. The van der Waals surface area contributed by atoms with E-state index in [1.165, 1.54) is 0 Å². The maximum Gasteiger partial charge on any atom is 0.249 e. The van der Waals surface area contributed by atoms with Crippen molar-refractivity contribution in [3.05, 3.63) is 26.5 Å². The van der Waals surface area contributed by atoms with Gasteiger partial charge in [0.15, 0.2) is 0 Å². The Bertz CT molecular complexity index is 304. The minimum absolute atomic E-state index is 0.262. The molecule has 0 saturated heterocycles. The molecule has 0 saturated carbocycles. The molecule has 0 unspecified atom stereocenters. The number of nitrogens with zero attached hydrogens (tertiary/aromatic N) is 1. The standard InChI is InChI=1S/C7H5INO2/c10-7-6-5(4-9(7)11)2-1-3-8-6/h1-3H,4H2/q-1. The fraction of sp³-hybridized carbons (Fsp3) is 0.143. The summed E-state index contributed by atoms with van der Waals surface area (Å²) in [6, 6.07) is 0. The van der Waals surface area contributed by atoms with Crippen molar-refractivity contribution in [3.63, 3.8) is 0 Å². The summed E-state index contributed by atoms with van der Waals surface area (Å²) in [4.78, 5) is 11.1. The van der Waals surface area contributed by atoms with Crippen LogP contribution in [-0.2, 0) is 4.79 Å². The molecular formula is C7H5INO2-. The van der Waals surface area contributed by atoms with Crippen LogP contribution in [0.5, 0.6) is 0 Å². The van der Waals surface area contributed by atoms with Crippen LogP contribution in [0, 0.1) is 5.21 Å². The Balaban J connectivity index is 2.45. The van der Waals surface area contributed by atoms with E-state index < -0.39 is 0 Å². The van der Waals surface area contributed by atoms with Gasteiger partial charge in [-0.15, -0.1) is 0 Å². The van der Waals surface area contributed by atoms with E-state index in [0.29, 0.717) is 5.06 Å². The van der Waals surface area contributed by atoms with Crippen molar-refractivity contribution >= 4 is 30.6 Å². The van der Waals surface area contributed by atoms with E-state index in [0.717, 1.165) is 9.15 Å². The molecule has 0 N–H and O–H groups in total. The van der Waals surface area contributed by atoms with Crippen molar-refractivity contribution in [1.29, 1.82) is 0 Å². The lowest BCUT2D eigenvalue weighted by atomic mass is 10.2. The number of allylic oxidation sites excluding steroid dienone is 1. The quantitative estimate of drug-likeness (QED) is 0.609. The van der Waals surface area contributed by atoms with Crippen molar-refractivity contribution in [2.45, 2.75) is 0 Å². The average Bonchev–Trinajstić information content (AvgIpc) is 2.30. The second-order valence-electron chi connectivity index (χ2n) is 2.28. The number of carbonyl (C=O) groups excluding carboxylic acids is 1. The van der Waals surface area contributed by atoms with Crippen molar-refractivity contribution in [2.24, 2.45) is 0 Å². The zero-order chi connectivity index (χ0) is 7.84. The first-order valence-corrected chi connectivity index (χ1v) is 5.47. The summed E-state index contributed by atoms with van der Waals surface area (Å²) in [5, 5.41) is 11.4. The zero-order valence-electron chi connectivity index (χ0n) is 5.58. The molecule has 11 heavy (non-hydrogen) atoms. The highest BCUT2D eigenvalue weighted by Gasteiger charge is 2.22. The van der Waals surface area contributed by atoms with Crippen LogP contribution < -0.4 is 0 Å². The van der Waals surface area contributed by atoms with E-state index in [1.807, 2.05) is 16.2 Å². The SMILES string of the molecule is O=C1C2=C(C=CC=I2)CN1[O-]. The van der Waals surface area contributed by atoms with Gasteiger partial charge >= 0.3 is 0 Å². The molecule has 0 aliphatic carbocycles. The molecule has 4 heteroatoms. The van der Waals surface area contributed by atoms with Crippen molar-refractivity contribution in [3.8, 4) is 0 Å². The molecule has 0 aromatic rings. The zero-order valence-corrected chi connectivity index (χ0v) is 7.74. The van der Waals surface area contributed by atoms with Gasteiger partial charge in [-0.25, -0.2) is 0 Å². The molecule has 0 bridgehead atoms. The van der Waals surface area contributed by atoms with Gasteiger partial charge in [-0.1, -0.05) is 32.9 Å². The van der Waals surface area contributed by atoms with E-state index >= 15 is 0 Å². The van der Waals surface area contributed by atoms with Gasteiger partial charge in [0.1, 0.15) is 0 Å². The predicted octanol–water partition coefficient (Wildman–Crippen LogP) is 0.923. The lowest BCUT2D eigenvalue weighted by molar-refractivity contribution is -0.122. The third-order valence-electron chi connectivity index (χ3n) is 1.55. The third kappa shape index (κ3) is 1.06. The Morgan fingerprint density at radius 3 is 3.18 bits per heavy atom. The highest BCUT2D eigenvalue weighted by molar-refractivity contribution is 14.2. The van der Waals surface area contributed by atoms with Gasteiger partial charge in [0.2, 0.25) is 5.91 Å². The summed E-state index contributed by atoms with van der Waals surface area (Å²) < 4.78 is 2.77. The molecule has 2 aliphatic heterocycles. The fourth-order valence-electron chi connectivity index (χ4n) is 1.04. The first-order chi connectivity index (χ1) is 5.29. The summed E-state index contributed by atoms with van der Waals surface area (Å²) in [5.41, 5.74) is 0.931. The molecule has 0 spiro atoms. The van der Waals surface area contributed by atoms with Crippen LogP contribution in [0.3, 0.4) is 0 Å². The molecule has 0 fully saturated rings. The maximum absolute atomic E-state index is 11.1. The lowest BCUT2D eigenvalue weighted by Gasteiger charge is -2.20. The van der Waals surface area contributed by atoms with Crippen molar-refractivity contribution in [1.82, 2.24) is 5.06 Å². The molecular weight excluding hydrogens is 257 g/mol. The number of hydrogen-bond acceptors (Lipinski definition) is 2. The fourth-order valence-corrected chi connectivity index (χ4v) is 3.10. The molecule has 58 valence electrons. The lowest BCUT2D eigenvalue weighted by Crippen LogP contribution is -2.18. The number of rotatable bonds is 0. The Morgan fingerprint density at radius 2 is 2.45 bits per heavy atom. The summed E-state index contributed by atoms with van der Waals surface area (Å²) in [5.74, 6) is -0.312. The van der Waals surface area contributed by atoms with Gasteiger partial charge in [0.05, 0.1) is 3.58 Å². The van der Waals surface area contributed by atoms with Gasteiger partial charge in [-0.05, 0) is 9.58 Å². The Hall–Kier alpha value is -0.490. The molecule has 0 aromatic heterocycles. The smallest absolute Gasteiger partial charge is 0.249 e. The first kappa shape index (κ1) is 7.17. The highest BCUT2D eigenvalue weighted by atomic mass is 127. The van der Waals surface area contributed by atoms with Crippen LogP contribution in [0.4, 0.5) is 0 Å². The second kappa shape index (κ2) is 2.53. The summed E-state index contributed by atoms with van der Waals surface area (Å²) >= 11 is -0.320. The normalized spacial score (nSPS) is 22.3. The maximum atomic E-state index is 11.1. The molecule has 0 radical (unpaired) electrons. The highest BCUT2D eigenvalue weighted by Crippen LogP contribution is 2.30. The molecule has 2 rings (SSSR count). The molecule has 0 aromatic carbocycles. The average molecular weight is 262 g/mol. The van der Waals surface area contributed by atoms with Gasteiger partial charge in [-0.2, -0.15) is 0 Å². The molecule has 2 heterocycles. The molecule has 1 amide bonds. The monoisotopic (exact) mass is 262 g/mol. The summed E-state index contributed by atoms with van der Waals surface area (Å²) in [7, 11) is 0. The second-order valence-corrected chi connectivity index (χ2v) is 4.70. The number of carbonyl (C=O) groups is 1. The topological polar surface area (TPSA) is 43.4 Å².